The molecule has 0 aromatic heterocycles. The van der Waals surface area contributed by atoms with Crippen molar-refractivity contribution in [1.82, 2.24) is 10.2 Å². The Morgan fingerprint density at radius 1 is 1.00 bits per heavy atom. The molecule has 0 radical (unpaired) electrons. The lowest BCUT2D eigenvalue weighted by atomic mass is 10.0. The first-order chi connectivity index (χ1) is 13.1. The average Bonchev–Trinajstić information content (AvgIpc) is 2.70. The predicted octanol–water partition coefficient (Wildman–Crippen LogP) is 3.75. The van der Waals surface area contributed by atoms with Gasteiger partial charge in [0.2, 0.25) is 0 Å². The summed E-state index contributed by atoms with van der Waals surface area (Å²) >= 11 is 0. The van der Waals surface area contributed by atoms with Crippen molar-refractivity contribution >= 4 is 16.7 Å². The van der Waals surface area contributed by atoms with Crippen molar-refractivity contribution in [2.24, 2.45) is 0 Å². The van der Waals surface area contributed by atoms with Gasteiger partial charge in [0, 0.05) is 12.6 Å². The molecule has 1 unspecified atom stereocenters. The molecule has 0 fully saturated rings. The highest BCUT2D eigenvalue weighted by Gasteiger charge is 2.17. The summed E-state index contributed by atoms with van der Waals surface area (Å²) in [5, 5.41) is 5.16. The molecule has 1 atom stereocenters. The smallest absolute Gasteiger partial charge is 0.255 e. The van der Waals surface area contributed by atoms with E-state index in [1.807, 2.05) is 68.7 Å². The predicted molar refractivity (Wildman–Crippen MR) is 110 cm³/mol. The van der Waals surface area contributed by atoms with E-state index in [4.69, 9.17) is 4.74 Å². The Kier molecular flexibility index (Phi) is 6.09. The maximum absolute atomic E-state index is 12.8. The SMILES string of the molecule is COc1cc2ccccc2cc1C(=O)NCC(Cc1ccccc1)N(C)C. The van der Waals surface area contributed by atoms with Crippen LogP contribution in [-0.4, -0.2) is 44.6 Å². The quantitative estimate of drug-likeness (QED) is 0.696. The van der Waals surface area contributed by atoms with E-state index in [0.717, 1.165) is 17.2 Å². The number of likely N-dealkylation sites (N-methyl/N-ethyl adjacent to an activating group) is 1. The molecule has 3 rings (SSSR count). The van der Waals surface area contributed by atoms with Crippen molar-refractivity contribution < 1.29 is 9.53 Å². The molecule has 0 aliphatic carbocycles. The minimum absolute atomic E-state index is 0.113. The highest BCUT2D eigenvalue weighted by Crippen LogP contribution is 2.25. The Morgan fingerprint density at radius 3 is 2.26 bits per heavy atom. The molecule has 0 spiro atoms. The van der Waals surface area contributed by atoms with Gasteiger partial charge in [0.05, 0.1) is 12.7 Å². The molecule has 0 bridgehead atoms. The van der Waals surface area contributed by atoms with Gasteiger partial charge in [-0.25, -0.2) is 0 Å². The summed E-state index contributed by atoms with van der Waals surface area (Å²) in [6.45, 7) is 0.566. The second-order valence-corrected chi connectivity index (χ2v) is 6.92. The Labute approximate surface area is 160 Å². The Morgan fingerprint density at radius 2 is 1.63 bits per heavy atom. The first-order valence-electron chi connectivity index (χ1n) is 9.14. The van der Waals surface area contributed by atoms with Crippen LogP contribution in [0.1, 0.15) is 15.9 Å². The topological polar surface area (TPSA) is 41.6 Å². The van der Waals surface area contributed by atoms with Crippen LogP contribution < -0.4 is 10.1 Å². The standard InChI is InChI=1S/C23H26N2O2/c1-25(2)20(13-17-9-5-4-6-10-17)16-24-23(26)21-14-18-11-7-8-12-19(18)15-22(21)27-3/h4-12,14-15,20H,13,16H2,1-3H3,(H,24,26). The lowest BCUT2D eigenvalue weighted by Gasteiger charge is -2.25. The van der Waals surface area contributed by atoms with E-state index in [2.05, 4.69) is 22.3 Å². The van der Waals surface area contributed by atoms with E-state index in [-0.39, 0.29) is 11.9 Å². The minimum Gasteiger partial charge on any atom is -0.496 e. The van der Waals surface area contributed by atoms with Crippen molar-refractivity contribution in [1.29, 1.82) is 0 Å². The van der Waals surface area contributed by atoms with E-state index in [1.54, 1.807) is 7.11 Å². The summed E-state index contributed by atoms with van der Waals surface area (Å²) in [7, 11) is 5.67. The average molecular weight is 362 g/mol. The minimum atomic E-state index is -0.113. The van der Waals surface area contributed by atoms with Gasteiger partial charge in [-0.3, -0.25) is 4.79 Å². The summed E-state index contributed by atoms with van der Waals surface area (Å²) in [6.07, 6.45) is 0.878. The molecule has 0 saturated carbocycles. The number of carbonyl (C=O) groups is 1. The van der Waals surface area contributed by atoms with E-state index in [1.165, 1.54) is 5.56 Å². The zero-order valence-electron chi connectivity index (χ0n) is 16.1. The van der Waals surface area contributed by atoms with Crippen molar-refractivity contribution in [2.45, 2.75) is 12.5 Å². The molecule has 3 aromatic carbocycles. The van der Waals surface area contributed by atoms with Gasteiger partial charge in [-0.1, -0.05) is 54.6 Å². The first kappa shape index (κ1) is 18.9. The number of hydrogen-bond donors (Lipinski definition) is 1. The zero-order valence-corrected chi connectivity index (χ0v) is 16.1. The van der Waals surface area contributed by atoms with Gasteiger partial charge >= 0.3 is 0 Å². The second kappa shape index (κ2) is 8.69. The van der Waals surface area contributed by atoms with Crippen molar-refractivity contribution in [2.75, 3.05) is 27.7 Å². The molecule has 3 aromatic rings. The van der Waals surface area contributed by atoms with Crippen LogP contribution >= 0.6 is 0 Å². The van der Waals surface area contributed by atoms with E-state index < -0.39 is 0 Å². The molecule has 140 valence electrons. The molecular weight excluding hydrogens is 336 g/mol. The lowest BCUT2D eigenvalue weighted by molar-refractivity contribution is 0.0939. The molecule has 0 heterocycles. The summed E-state index contributed by atoms with van der Waals surface area (Å²) < 4.78 is 5.45. The number of methoxy groups -OCH3 is 1. The van der Waals surface area contributed by atoms with Gasteiger partial charge in [0.1, 0.15) is 5.75 Å². The first-order valence-corrected chi connectivity index (χ1v) is 9.14. The van der Waals surface area contributed by atoms with Crippen molar-refractivity contribution in [3.8, 4) is 5.75 Å². The van der Waals surface area contributed by atoms with Crippen LogP contribution in [0.25, 0.3) is 10.8 Å². The normalized spacial score (nSPS) is 12.1. The number of amides is 1. The summed E-state index contributed by atoms with van der Waals surface area (Å²) in [5.41, 5.74) is 1.82. The molecule has 0 saturated heterocycles. The number of rotatable bonds is 7. The van der Waals surface area contributed by atoms with Gasteiger partial charge in [0.15, 0.2) is 0 Å². The number of hydrogen-bond acceptors (Lipinski definition) is 3. The van der Waals surface area contributed by atoms with Gasteiger partial charge in [-0.2, -0.15) is 0 Å². The molecule has 4 nitrogen and oxygen atoms in total. The summed E-state index contributed by atoms with van der Waals surface area (Å²) in [4.78, 5) is 15.0. The van der Waals surface area contributed by atoms with Gasteiger partial charge in [-0.05, 0) is 49.0 Å². The van der Waals surface area contributed by atoms with Crippen LogP contribution in [0.3, 0.4) is 0 Å². The third kappa shape index (κ3) is 4.66. The van der Waals surface area contributed by atoms with Gasteiger partial charge in [0.25, 0.3) is 5.91 Å². The van der Waals surface area contributed by atoms with E-state index >= 15 is 0 Å². The van der Waals surface area contributed by atoms with Crippen molar-refractivity contribution in [3.63, 3.8) is 0 Å². The molecule has 1 amide bonds. The lowest BCUT2D eigenvalue weighted by Crippen LogP contribution is -2.41. The monoisotopic (exact) mass is 362 g/mol. The van der Waals surface area contributed by atoms with Crippen LogP contribution in [0.5, 0.6) is 5.75 Å². The van der Waals surface area contributed by atoms with Gasteiger partial charge < -0.3 is 15.0 Å². The number of nitrogens with zero attached hydrogens (tertiary/aromatic N) is 1. The maximum Gasteiger partial charge on any atom is 0.255 e. The third-order valence-electron chi connectivity index (χ3n) is 4.86. The molecule has 0 aliphatic heterocycles. The largest absolute Gasteiger partial charge is 0.496 e. The summed E-state index contributed by atoms with van der Waals surface area (Å²) in [5.74, 6) is 0.480. The van der Waals surface area contributed by atoms with Gasteiger partial charge in [-0.15, -0.1) is 0 Å². The number of nitrogens with one attached hydrogen (secondary N) is 1. The van der Waals surface area contributed by atoms with E-state index in [0.29, 0.717) is 17.9 Å². The fourth-order valence-corrected chi connectivity index (χ4v) is 3.19. The Balaban J connectivity index is 1.74. The summed E-state index contributed by atoms with van der Waals surface area (Å²) in [6, 6.07) is 22.3. The molecule has 27 heavy (non-hydrogen) atoms. The zero-order chi connectivity index (χ0) is 19.2. The van der Waals surface area contributed by atoms with Crippen LogP contribution in [0.15, 0.2) is 66.7 Å². The van der Waals surface area contributed by atoms with E-state index in [9.17, 15) is 4.79 Å². The Bertz CT molecular complexity index is 907. The van der Waals surface area contributed by atoms with Crippen LogP contribution in [0.2, 0.25) is 0 Å². The highest BCUT2D eigenvalue weighted by atomic mass is 16.5. The number of fused-ring (bicyclic) bond motifs is 1. The van der Waals surface area contributed by atoms with Crippen molar-refractivity contribution in [3.05, 3.63) is 77.9 Å². The van der Waals surface area contributed by atoms with Crippen LogP contribution in [0.4, 0.5) is 0 Å². The van der Waals surface area contributed by atoms with Crippen LogP contribution in [-0.2, 0) is 6.42 Å². The Hall–Kier alpha value is -2.85. The molecular formula is C23H26N2O2. The fourth-order valence-electron chi connectivity index (χ4n) is 3.19. The third-order valence-corrected chi connectivity index (χ3v) is 4.86. The number of ether oxygens (including phenoxy) is 1. The fraction of sp³-hybridized carbons (Fsp3) is 0.261. The molecule has 0 aliphatic rings. The molecule has 1 N–H and O–H groups in total. The molecule has 4 heteroatoms. The second-order valence-electron chi connectivity index (χ2n) is 6.92. The number of carbonyl (C=O) groups excluding carboxylic acids is 1. The van der Waals surface area contributed by atoms with Crippen LogP contribution in [0, 0.1) is 0 Å². The number of benzene rings is 3. The highest BCUT2D eigenvalue weighted by molar-refractivity contribution is 6.01. The maximum atomic E-state index is 12.8.